The number of benzene rings is 1. The Morgan fingerprint density at radius 3 is 3.08 bits per heavy atom. The van der Waals surface area contributed by atoms with Crippen molar-refractivity contribution in [2.75, 3.05) is 6.61 Å². The highest BCUT2D eigenvalue weighted by molar-refractivity contribution is 14.1. The minimum Gasteiger partial charge on any atom is -0.492 e. The van der Waals surface area contributed by atoms with Crippen LogP contribution in [-0.2, 0) is 6.42 Å². The molecule has 1 aromatic carbocycles. The molecule has 0 aromatic heterocycles. The van der Waals surface area contributed by atoms with Gasteiger partial charge in [-0.25, -0.2) is 0 Å². The highest BCUT2D eigenvalue weighted by Crippen LogP contribution is 2.32. The molecule has 0 fully saturated rings. The maximum Gasteiger partial charge on any atom is 0.135 e. The van der Waals surface area contributed by atoms with E-state index in [4.69, 9.17) is 16.3 Å². The molecule has 0 aliphatic carbocycles. The number of ether oxygens (including phenoxy) is 1. The molecular formula is C9H8ClIO. The Morgan fingerprint density at radius 2 is 2.25 bits per heavy atom. The Morgan fingerprint density at radius 1 is 1.42 bits per heavy atom. The number of hydrogen-bond acceptors (Lipinski definition) is 1. The number of fused-ring (bicyclic) bond motifs is 1. The Hall–Kier alpha value is 0.0400. The van der Waals surface area contributed by atoms with Crippen molar-refractivity contribution in [3.63, 3.8) is 0 Å². The highest BCUT2D eigenvalue weighted by atomic mass is 127. The first kappa shape index (κ1) is 8.63. The zero-order chi connectivity index (χ0) is 8.55. The van der Waals surface area contributed by atoms with E-state index in [9.17, 15) is 0 Å². The lowest BCUT2D eigenvalue weighted by molar-refractivity contribution is 0.286. The molecule has 64 valence electrons. The fourth-order valence-corrected chi connectivity index (χ4v) is 2.66. The van der Waals surface area contributed by atoms with E-state index in [1.54, 1.807) is 0 Å². The molecule has 0 amide bonds. The van der Waals surface area contributed by atoms with E-state index in [2.05, 4.69) is 22.6 Å². The summed E-state index contributed by atoms with van der Waals surface area (Å²) in [4.78, 5) is 0. The van der Waals surface area contributed by atoms with Crippen molar-refractivity contribution >= 4 is 34.2 Å². The summed E-state index contributed by atoms with van der Waals surface area (Å²) in [7, 11) is 0. The lowest BCUT2D eigenvalue weighted by atomic mass is 10.1. The van der Waals surface area contributed by atoms with Crippen molar-refractivity contribution in [1.29, 1.82) is 0 Å². The molecule has 2 rings (SSSR count). The van der Waals surface area contributed by atoms with Crippen molar-refractivity contribution in [3.05, 3.63) is 26.3 Å². The van der Waals surface area contributed by atoms with Gasteiger partial charge in [0.25, 0.3) is 0 Å². The van der Waals surface area contributed by atoms with Gasteiger partial charge >= 0.3 is 0 Å². The first-order valence-electron chi connectivity index (χ1n) is 3.88. The van der Waals surface area contributed by atoms with Gasteiger partial charge in [0, 0.05) is 5.02 Å². The standard InChI is InChI=1S/C9H8ClIO/c10-7-4-6-2-1-3-12-9(6)8(11)5-7/h4-5H,1-3H2. The Bertz CT molecular complexity index is 312. The largest absolute Gasteiger partial charge is 0.492 e. The topological polar surface area (TPSA) is 9.23 Å². The normalized spacial score (nSPS) is 15.2. The van der Waals surface area contributed by atoms with E-state index in [0.29, 0.717) is 0 Å². The lowest BCUT2D eigenvalue weighted by Crippen LogP contribution is -2.09. The average molecular weight is 295 g/mol. The van der Waals surface area contributed by atoms with Gasteiger partial charge in [-0.2, -0.15) is 0 Å². The molecule has 0 unspecified atom stereocenters. The second-order valence-corrected chi connectivity index (χ2v) is 4.43. The third-order valence-electron chi connectivity index (χ3n) is 1.92. The number of rotatable bonds is 0. The molecule has 3 heteroatoms. The van der Waals surface area contributed by atoms with Crippen molar-refractivity contribution in [1.82, 2.24) is 0 Å². The summed E-state index contributed by atoms with van der Waals surface area (Å²) in [5.41, 5.74) is 1.25. The molecule has 1 aromatic rings. The minimum atomic E-state index is 0.809. The van der Waals surface area contributed by atoms with E-state index in [1.165, 1.54) is 5.56 Å². The van der Waals surface area contributed by atoms with Crippen LogP contribution < -0.4 is 4.74 Å². The maximum atomic E-state index is 5.92. The molecule has 0 saturated carbocycles. The molecule has 0 spiro atoms. The summed E-state index contributed by atoms with van der Waals surface area (Å²) in [5, 5.41) is 0.809. The van der Waals surface area contributed by atoms with E-state index in [1.807, 2.05) is 12.1 Å². The summed E-state index contributed by atoms with van der Waals surface area (Å²) < 4.78 is 6.66. The van der Waals surface area contributed by atoms with Crippen LogP contribution in [0.3, 0.4) is 0 Å². The molecule has 1 nitrogen and oxygen atoms in total. The SMILES string of the molecule is Clc1cc(I)c2c(c1)CCCO2. The predicted octanol–water partition coefficient (Wildman–Crippen LogP) is 3.27. The first-order valence-corrected chi connectivity index (χ1v) is 5.34. The van der Waals surface area contributed by atoms with Crippen LogP contribution in [0.15, 0.2) is 12.1 Å². The Balaban J connectivity index is 2.53. The number of hydrogen-bond donors (Lipinski definition) is 0. The quantitative estimate of drug-likeness (QED) is 0.667. The van der Waals surface area contributed by atoms with Gasteiger partial charge < -0.3 is 4.74 Å². The predicted molar refractivity (Wildman–Crippen MR) is 58.0 cm³/mol. The van der Waals surface area contributed by atoms with E-state index >= 15 is 0 Å². The molecule has 1 heterocycles. The average Bonchev–Trinajstić information content (AvgIpc) is 2.04. The van der Waals surface area contributed by atoms with Crippen molar-refractivity contribution in [2.45, 2.75) is 12.8 Å². The van der Waals surface area contributed by atoms with Crippen LogP contribution in [0, 0.1) is 3.57 Å². The summed E-state index contributed by atoms with van der Waals surface area (Å²) in [6.07, 6.45) is 2.19. The molecule has 0 N–H and O–H groups in total. The molecule has 1 aliphatic rings. The first-order chi connectivity index (χ1) is 5.77. The summed E-state index contributed by atoms with van der Waals surface area (Å²) in [5.74, 6) is 1.03. The van der Waals surface area contributed by atoms with Gasteiger partial charge in [-0.15, -0.1) is 0 Å². The van der Waals surface area contributed by atoms with Gasteiger partial charge in [-0.1, -0.05) is 11.6 Å². The van der Waals surface area contributed by atoms with Crippen LogP contribution in [0.5, 0.6) is 5.75 Å². The van der Waals surface area contributed by atoms with E-state index in [0.717, 1.165) is 33.8 Å². The van der Waals surface area contributed by atoms with Crippen LogP contribution in [-0.4, -0.2) is 6.61 Å². The van der Waals surface area contributed by atoms with Crippen molar-refractivity contribution in [2.24, 2.45) is 0 Å². The van der Waals surface area contributed by atoms with Crippen molar-refractivity contribution in [3.8, 4) is 5.75 Å². The summed E-state index contributed by atoms with van der Waals surface area (Å²) in [6.45, 7) is 0.838. The summed E-state index contributed by atoms with van der Waals surface area (Å²) >= 11 is 8.18. The smallest absolute Gasteiger partial charge is 0.135 e. The van der Waals surface area contributed by atoms with Crippen molar-refractivity contribution < 1.29 is 4.74 Å². The fourth-order valence-electron chi connectivity index (χ4n) is 1.40. The Labute approximate surface area is 90.2 Å². The van der Waals surface area contributed by atoms with E-state index in [-0.39, 0.29) is 0 Å². The number of halogens is 2. The zero-order valence-corrected chi connectivity index (χ0v) is 9.35. The fraction of sp³-hybridized carbons (Fsp3) is 0.333. The molecular weight excluding hydrogens is 286 g/mol. The van der Waals surface area contributed by atoms with Crippen LogP contribution in [0.4, 0.5) is 0 Å². The van der Waals surface area contributed by atoms with Gasteiger partial charge in [-0.3, -0.25) is 0 Å². The van der Waals surface area contributed by atoms with Gasteiger partial charge in [0.1, 0.15) is 5.75 Å². The third kappa shape index (κ3) is 1.55. The van der Waals surface area contributed by atoms with Gasteiger partial charge in [0.2, 0.25) is 0 Å². The summed E-state index contributed by atoms with van der Waals surface area (Å²) in [6, 6.07) is 3.93. The van der Waals surface area contributed by atoms with Gasteiger partial charge in [0.05, 0.1) is 10.2 Å². The van der Waals surface area contributed by atoms with Crippen LogP contribution in [0.25, 0.3) is 0 Å². The molecule has 0 bridgehead atoms. The molecule has 0 radical (unpaired) electrons. The molecule has 12 heavy (non-hydrogen) atoms. The van der Waals surface area contributed by atoms with Crippen LogP contribution in [0.2, 0.25) is 5.02 Å². The molecule has 1 aliphatic heterocycles. The second kappa shape index (κ2) is 3.42. The Kier molecular flexibility index (Phi) is 2.46. The molecule has 0 saturated heterocycles. The number of aryl methyl sites for hydroxylation is 1. The second-order valence-electron chi connectivity index (χ2n) is 2.83. The van der Waals surface area contributed by atoms with Gasteiger partial charge in [-0.05, 0) is 53.1 Å². The van der Waals surface area contributed by atoms with Gasteiger partial charge in [0.15, 0.2) is 0 Å². The highest BCUT2D eigenvalue weighted by Gasteiger charge is 2.13. The zero-order valence-electron chi connectivity index (χ0n) is 6.44. The molecule has 0 atom stereocenters. The third-order valence-corrected chi connectivity index (χ3v) is 2.94. The monoisotopic (exact) mass is 294 g/mol. The van der Waals surface area contributed by atoms with E-state index < -0.39 is 0 Å². The maximum absolute atomic E-state index is 5.92. The minimum absolute atomic E-state index is 0.809. The van der Waals surface area contributed by atoms with Crippen LogP contribution >= 0.6 is 34.2 Å². The van der Waals surface area contributed by atoms with Crippen LogP contribution in [0.1, 0.15) is 12.0 Å². The lowest BCUT2D eigenvalue weighted by Gasteiger charge is -2.18.